The van der Waals surface area contributed by atoms with E-state index in [1.165, 1.54) is 17.0 Å². The van der Waals surface area contributed by atoms with Gasteiger partial charge in [0.25, 0.3) is 5.56 Å². The number of aromatic hydroxyl groups is 1. The Morgan fingerprint density at radius 1 is 1.13 bits per heavy atom. The van der Waals surface area contributed by atoms with Gasteiger partial charge < -0.3 is 5.11 Å². The molecule has 0 aliphatic carbocycles. The van der Waals surface area contributed by atoms with Gasteiger partial charge in [-0.05, 0) is 24.3 Å². The van der Waals surface area contributed by atoms with Crippen molar-refractivity contribution in [2.45, 2.75) is 0 Å². The van der Waals surface area contributed by atoms with Crippen LogP contribution in [0.4, 0.5) is 5.69 Å². The first kappa shape index (κ1) is 14.4. The van der Waals surface area contributed by atoms with E-state index >= 15 is 0 Å². The van der Waals surface area contributed by atoms with Crippen LogP contribution >= 0.6 is 0 Å². The summed E-state index contributed by atoms with van der Waals surface area (Å²) in [4.78, 5) is 16.6. The number of aromatic nitrogens is 2. The van der Waals surface area contributed by atoms with Crippen molar-refractivity contribution >= 4 is 11.9 Å². The second-order valence-corrected chi connectivity index (χ2v) is 4.74. The molecule has 23 heavy (non-hydrogen) atoms. The Balaban J connectivity index is 2.07. The van der Waals surface area contributed by atoms with Gasteiger partial charge in [-0.1, -0.05) is 30.3 Å². The number of nitriles is 1. The van der Waals surface area contributed by atoms with E-state index in [0.717, 1.165) is 0 Å². The van der Waals surface area contributed by atoms with Gasteiger partial charge in [-0.25, -0.2) is 4.68 Å². The van der Waals surface area contributed by atoms with Gasteiger partial charge >= 0.3 is 0 Å². The van der Waals surface area contributed by atoms with E-state index in [1.54, 1.807) is 42.5 Å². The Bertz CT molecular complexity index is 962. The number of benzene rings is 2. The van der Waals surface area contributed by atoms with Gasteiger partial charge in [-0.15, -0.1) is 0 Å². The first-order chi connectivity index (χ1) is 11.2. The molecule has 0 aliphatic heterocycles. The van der Waals surface area contributed by atoms with Crippen molar-refractivity contribution in [3.05, 3.63) is 76.2 Å². The summed E-state index contributed by atoms with van der Waals surface area (Å²) in [5.74, 6) is 0.00109. The highest BCUT2D eigenvalue weighted by Gasteiger charge is 2.13. The molecule has 3 rings (SSSR count). The zero-order valence-corrected chi connectivity index (χ0v) is 12.0. The molecular weight excluding hydrogens is 292 g/mol. The van der Waals surface area contributed by atoms with Crippen LogP contribution in [0.5, 0.6) is 5.75 Å². The molecule has 6 heteroatoms. The number of nitrogens with zero attached hydrogens (tertiary/aromatic N) is 3. The monoisotopic (exact) mass is 304 g/mol. The van der Waals surface area contributed by atoms with Crippen LogP contribution in [-0.2, 0) is 0 Å². The third-order valence-electron chi connectivity index (χ3n) is 3.27. The van der Waals surface area contributed by atoms with Gasteiger partial charge in [-0.2, -0.15) is 5.26 Å². The number of para-hydroxylation sites is 3. The fourth-order valence-electron chi connectivity index (χ4n) is 2.12. The molecule has 0 fully saturated rings. The van der Waals surface area contributed by atoms with Gasteiger partial charge in [0.05, 0.1) is 11.3 Å². The van der Waals surface area contributed by atoms with Crippen LogP contribution in [0.1, 0.15) is 11.3 Å². The quantitative estimate of drug-likeness (QED) is 0.728. The minimum absolute atomic E-state index is 0.00109. The summed E-state index contributed by atoms with van der Waals surface area (Å²) in [6.07, 6.45) is 1.28. The van der Waals surface area contributed by atoms with Gasteiger partial charge in [0.15, 0.2) is 0 Å². The third kappa shape index (κ3) is 2.76. The van der Waals surface area contributed by atoms with Crippen LogP contribution in [0.3, 0.4) is 0 Å². The zero-order valence-electron chi connectivity index (χ0n) is 12.0. The number of phenolic OH excluding ortho intramolecular Hbond substituents is 1. The van der Waals surface area contributed by atoms with Gasteiger partial charge in [0.1, 0.15) is 23.2 Å². The second kappa shape index (κ2) is 6.03. The molecule has 2 N–H and O–H groups in total. The van der Waals surface area contributed by atoms with Crippen LogP contribution in [0.15, 0.2) is 64.4 Å². The second-order valence-electron chi connectivity index (χ2n) is 4.74. The number of rotatable bonds is 3. The summed E-state index contributed by atoms with van der Waals surface area (Å²) in [5, 5.41) is 21.7. The molecule has 1 heterocycles. The molecule has 3 aromatic rings. The molecule has 1 aromatic heterocycles. The highest BCUT2D eigenvalue weighted by Crippen LogP contribution is 2.24. The highest BCUT2D eigenvalue weighted by molar-refractivity contribution is 5.84. The predicted octanol–water partition coefficient (Wildman–Crippen LogP) is 2.49. The Kier molecular flexibility index (Phi) is 3.77. The maximum atomic E-state index is 12.5. The Hall–Kier alpha value is -3.59. The summed E-state index contributed by atoms with van der Waals surface area (Å²) in [7, 11) is 0. The molecule has 0 aliphatic rings. The normalized spacial score (nSPS) is 10.7. The van der Waals surface area contributed by atoms with E-state index in [0.29, 0.717) is 11.4 Å². The molecular formula is C17H12N4O2. The molecule has 0 saturated heterocycles. The van der Waals surface area contributed by atoms with Crippen LogP contribution in [0.2, 0.25) is 0 Å². The lowest BCUT2D eigenvalue weighted by molar-refractivity contribution is 0.477. The molecule has 6 nitrogen and oxygen atoms in total. The largest absolute Gasteiger partial charge is 0.506 e. The van der Waals surface area contributed by atoms with Crippen molar-refractivity contribution in [2.75, 3.05) is 0 Å². The van der Waals surface area contributed by atoms with E-state index in [4.69, 9.17) is 0 Å². The third-order valence-corrected chi connectivity index (χ3v) is 3.27. The zero-order chi connectivity index (χ0) is 16.2. The molecule has 0 bridgehead atoms. The van der Waals surface area contributed by atoms with Gasteiger partial charge in [0, 0.05) is 6.21 Å². The minimum Gasteiger partial charge on any atom is -0.506 e. The molecule has 2 aromatic carbocycles. The van der Waals surface area contributed by atoms with Crippen LogP contribution < -0.4 is 5.56 Å². The first-order valence-electron chi connectivity index (χ1n) is 6.83. The van der Waals surface area contributed by atoms with E-state index in [-0.39, 0.29) is 22.6 Å². The van der Waals surface area contributed by atoms with Crippen molar-refractivity contribution in [1.82, 2.24) is 9.78 Å². The average molecular weight is 304 g/mol. The van der Waals surface area contributed by atoms with Crippen molar-refractivity contribution in [2.24, 2.45) is 4.99 Å². The van der Waals surface area contributed by atoms with Crippen molar-refractivity contribution < 1.29 is 5.11 Å². The lowest BCUT2D eigenvalue weighted by atomic mass is 10.2. The van der Waals surface area contributed by atoms with E-state index in [9.17, 15) is 15.2 Å². The minimum atomic E-state index is -0.382. The molecule has 0 atom stereocenters. The summed E-state index contributed by atoms with van der Waals surface area (Å²) < 4.78 is 1.28. The first-order valence-corrected chi connectivity index (χ1v) is 6.83. The standard InChI is InChI=1S/C17H12N4O2/c18-10-15-13(11-19-14-8-4-5-9-16(14)22)17(23)21(20-15)12-6-2-1-3-7-12/h1-9,11,20,22H. The number of aliphatic imine (C=N–C) groups is 1. The molecule has 0 unspecified atom stereocenters. The summed E-state index contributed by atoms with van der Waals surface area (Å²) in [6.45, 7) is 0. The predicted molar refractivity (Wildman–Crippen MR) is 86.5 cm³/mol. The maximum Gasteiger partial charge on any atom is 0.281 e. The molecule has 0 spiro atoms. The lowest BCUT2D eigenvalue weighted by Gasteiger charge is -1.99. The van der Waals surface area contributed by atoms with Crippen LogP contribution in [0.25, 0.3) is 5.69 Å². The molecule has 0 radical (unpaired) electrons. The number of aromatic amines is 1. The van der Waals surface area contributed by atoms with E-state index in [2.05, 4.69) is 10.1 Å². The lowest BCUT2D eigenvalue weighted by Crippen LogP contribution is -2.17. The van der Waals surface area contributed by atoms with E-state index < -0.39 is 0 Å². The maximum absolute atomic E-state index is 12.5. The Labute approximate surface area is 131 Å². The van der Waals surface area contributed by atoms with Crippen LogP contribution in [0, 0.1) is 11.3 Å². The summed E-state index contributed by atoms with van der Waals surface area (Å²) in [6, 6.07) is 17.4. The number of hydrogen-bond acceptors (Lipinski definition) is 4. The SMILES string of the molecule is N#Cc1[nH]n(-c2ccccc2)c(=O)c1C=Nc1ccccc1O. The van der Waals surface area contributed by atoms with Gasteiger partial charge in [-0.3, -0.25) is 14.9 Å². The average Bonchev–Trinajstić information content (AvgIpc) is 2.91. The molecule has 0 amide bonds. The summed E-state index contributed by atoms with van der Waals surface area (Å²) >= 11 is 0. The highest BCUT2D eigenvalue weighted by atomic mass is 16.3. The van der Waals surface area contributed by atoms with Crippen molar-refractivity contribution in [1.29, 1.82) is 5.26 Å². The fraction of sp³-hybridized carbons (Fsp3) is 0. The molecule has 0 saturated carbocycles. The van der Waals surface area contributed by atoms with E-state index in [1.807, 2.05) is 12.1 Å². The Morgan fingerprint density at radius 3 is 2.52 bits per heavy atom. The number of hydrogen-bond donors (Lipinski definition) is 2. The van der Waals surface area contributed by atoms with Crippen molar-refractivity contribution in [3.63, 3.8) is 0 Å². The number of phenols is 1. The van der Waals surface area contributed by atoms with Crippen molar-refractivity contribution in [3.8, 4) is 17.5 Å². The van der Waals surface area contributed by atoms with Gasteiger partial charge in [0.2, 0.25) is 0 Å². The Morgan fingerprint density at radius 2 is 1.83 bits per heavy atom. The summed E-state index contributed by atoms with van der Waals surface area (Å²) in [5.41, 5.74) is 0.809. The number of H-pyrrole nitrogens is 1. The molecule has 112 valence electrons. The van der Waals surface area contributed by atoms with Crippen LogP contribution in [-0.4, -0.2) is 21.1 Å². The topological polar surface area (TPSA) is 94.2 Å². The number of nitrogens with one attached hydrogen (secondary N) is 1. The fourth-order valence-corrected chi connectivity index (χ4v) is 2.12. The smallest absolute Gasteiger partial charge is 0.281 e.